The van der Waals surface area contributed by atoms with Crippen LogP contribution in [-0.4, -0.2) is 27.1 Å². The van der Waals surface area contributed by atoms with Gasteiger partial charge in [-0.2, -0.15) is 11.8 Å². The minimum absolute atomic E-state index is 0.285. The number of thioether (sulfide) groups is 1. The van der Waals surface area contributed by atoms with Crippen molar-refractivity contribution in [2.24, 2.45) is 11.7 Å². The zero-order valence-corrected chi connectivity index (χ0v) is 10.0. The van der Waals surface area contributed by atoms with Crippen LogP contribution in [0.25, 0.3) is 0 Å². The van der Waals surface area contributed by atoms with Crippen molar-refractivity contribution in [1.82, 2.24) is 9.55 Å². The van der Waals surface area contributed by atoms with E-state index in [2.05, 4.69) is 16.5 Å². The van der Waals surface area contributed by atoms with E-state index in [1.165, 1.54) is 17.9 Å². The summed E-state index contributed by atoms with van der Waals surface area (Å²) < 4.78 is 2.18. The summed E-state index contributed by atoms with van der Waals surface area (Å²) in [4.78, 5) is 4.37. The fourth-order valence-electron chi connectivity index (χ4n) is 2.09. The van der Waals surface area contributed by atoms with E-state index >= 15 is 0 Å². The third kappa shape index (κ3) is 2.55. The third-order valence-corrected chi connectivity index (χ3v) is 4.32. The van der Waals surface area contributed by atoms with Gasteiger partial charge in [0.1, 0.15) is 5.82 Å². The number of imidazole rings is 1. The van der Waals surface area contributed by atoms with Gasteiger partial charge < -0.3 is 10.3 Å². The highest BCUT2D eigenvalue weighted by atomic mass is 32.2. The van der Waals surface area contributed by atoms with Crippen molar-refractivity contribution in [3.05, 3.63) is 18.2 Å². The lowest BCUT2D eigenvalue weighted by Crippen LogP contribution is -2.33. The Morgan fingerprint density at radius 1 is 1.73 bits per heavy atom. The molecule has 2 atom stereocenters. The van der Waals surface area contributed by atoms with Crippen LogP contribution in [0.4, 0.5) is 0 Å². The lowest BCUT2D eigenvalue weighted by Gasteiger charge is -2.18. The molecule has 2 N–H and O–H groups in total. The topological polar surface area (TPSA) is 43.8 Å². The standard InChI is InChI=1S/C11H19N3S/c1-2-14-5-4-13-11(14)7-10(12)9-3-6-15-8-9/h4-5,9-10H,2-3,6-8,12H2,1H3. The quantitative estimate of drug-likeness (QED) is 0.845. The zero-order valence-electron chi connectivity index (χ0n) is 9.22. The number of hydrogen-bond acceptors (Lipinski definition) is 3. The predicted octanol–water partition coefficient (Wildman–Crippen LogP) is 1.53. The largest absolute Gasteiger partial charge is 0.335 e. The summed E-state index contributed by atoms with van der Waals surface area (Å²) in [7, 11) is 0. The fourth-order valence-corrected chi connectivity index (χ4v) is 3.44. The summed E-state index contributed by atoms with van der Waals surface area (Å²) in [6, 6.07) is 0.285. The molecule has 1 aromatic heterocycles. The van der Waals surface area contributed by atoms with E-state index in [1.54, 1.807) is 0 Å². The number of rotatable bonds is 4. The molecule has 4 heteroatoms. The predicted molar refractivity (Wildman–Crippen MR) is 65.0 cm³/mol. The molecule has 0 spiro atoms. The van der Waals surface area contributed by atoms with Crippen LogP contribution in [0.1, 0.15) is 19.2 Å². The second-order valence-electron chi connectivity index (χ2n) is 4.12. The molecule has 0 saturated carbocycles. The first-order valence-corrected chi connectivity index (χ1v) is 6.80. The van der Waals surface area contributed by atoms with Crippen molar-refractivity contribution in [3.63, 3.8) is 0 Å². The van der Waals surface area contributed by atoms with E-state index in [4.69, 9.17) is 5.73 Å². The molecule has 1 saturated heterocycles. The van der Waals surface area contributed by atoms with Crippen molar-refractivity contribution >= 4 is 11.8 Å². The summed E-state index contributed by atoms with van der Waals surface area (Å²) in [6.07, 6.45) is 6.10. The van der Waals surface area contributed by atoms with Crippen LogP contribution in [0.15, 0.2) is 12.4 Å². The van der Waals surface area contributed by atoms with Gasteiger partial charge in [0.15, 0.2) is 0 Å². The van der Waals surface area contributed by atoms with E-state index in [-0.39, 0.29) is 6.04 Å². The SMILES string of the molecule is CCn1ccnc1CC(N)C1CCSC1. The second kappa shape index (κ2) is 5.03. The molecule has 1 aliphatic heterocycles. The van der Waals surface area contributed by atoms with Gasteiger partial charge in [0.25, 0.3) is 0 Å². The maximum atomic E-state index is 6.23. The average Bonchev–Trinajstić information content (AvgIpc) is 2.87. The molecule has 0 bridgehead atoms. The van der Waals surface area contributed by atoms with Crippen molar-refractivity contribution in [2.45, 2.75) is 32.4 Å². The summed E-state index contributed by atoms with van der Waals surface area (Å²) in [5.74, 6) is 4.34. The number of nitrogens with zero attached hydrogens (tertiary/aromatic N) is 2. The molecular weight excluding hydrogens is 206 g/mol. The molecule has 15 heavy (non-hydrogen) atoms. The van der Waals surface area contributed by atoms with Gasteiger partial charge in [-0.3, -0.25) is 0 Å². The van der Waals surface area contributed by atoms with Crippen LogP contribution >= 0.6 is 11.8 Å². The Hall–Kier alpha value is -0.480. The Morgan fingerprint density at radius 2 is 2.60 bits per heavy atom. The molecule has 1 aliphatic rings. The normalized spacial score (nSPS) is 23.2. The molecule has 2 heterocycles. The summed E-state index contributed by atoms with van der Waals surface area (Å²) in [5, 5.41) is 0. The van der Waals surface area contributed by atoms with E-state index in [1.807, 2.05) is 24.2 Å². The van der Waals surface area contributed by atoms with Crippen LogP contribution in [0.3, 0.4) is 0 Å². The summed E-state index contributed by atoms with van der Waals surface area (Å²) >= 11 is 2.03. The van der Waals surface area contributed by atoms with Gasteiger partial charge >= 0.3 is 0 Å². The highest BCUT2D eigenvalue weighted by Gasteiger charge is 2.23. The van der Waals surface area contributed by atoms with E-state index in [0.29, 0.717) is 5.92 Å². The molecule has 0 radical (unpaired) electrons. The Morgan fingerprint density at radius 3 is 3.27 bits per heavy atom. The average molecular weight is 225 g/mol. The van der Waals surface area contributed by atoms with E-state index in [0.717, 1.165) is 18.8 Å². The minimum atomic E-state index is 0.285. The van der Waals surface area contributed by atoms with Crippen LogP contribution in [-0.2, 0) is 13.0 Å². The molecule has 0 aliphatic carbocycles. The molecule has 84 valence electrons. The number of hydrogen-bond donors (Lipinski definition) is 1. The van der Waals surface area contributed by atoms with Crippen molar-refractivity contribution in [1.29, 1.82) is 0 Å². The van der Waals surface area contributed by atoms with Crippen LogP contribution in [0.5, 0.6) is 0 Å². The zero-order chi connectivity index (χ0) is 10.7. The van der Waals surface area contributed by atoms with Crippen LogP contribution < -0.4 is 5.73 Å². The highest BCUT2D eigenvalue weighted by molar-refractivity contribution is 7.99. The maximum absolute atomic E-state index is 6.23. The smallest absolute Gasteiger partial charge is 0.110 e. The summed E-state index contributed by atoms with van der Waals surface area (Å²) in [5.41, 5.74) is 6.23. The monoisotopic (exact) mass is 225 g/mol. The van der Waals surface area contributed by atoms with Gasteiger partial charge in [0.2, 0.25) is 0 Å². The molecule has 0 amide bonds. The van der Waals surface area contributed by atoms with E-state index in [9.17, 15) is 0 Å². The van der Waals surface area contributed by atoms with Crippen LogP contribution in [0, 0.1) is 5.92 Å². The lowest BCUT2D eigenvalue weighted by atomic mass is 9.97. The molecule has 2 rings (SSSR count). The number of nitrogens with two attached hydrogens (primary N) is 1. The van der Waals surface area contributed by atoms with Gasteiger partial charge in [-0.1, -0.05) is 0 Å². The molecule has 1 fully saturated rings. The van der Waals surface area contributed by atoms with E-state index < -0.39 is 0 Å². The van der Waals surface area contributed by atoms with Gasteiger partial charge in [-0.25, -0.2) is 4.98 Å². The van der Waals surface area contributed by atoms with Gasteiger partial charge in [-0.05, 0) is 30.8 Å². The molecule has 2 unspecified atom stereocenters. The van der Waals surface area contributed by atoms with Gasteiger partial charge in [0, 0.05) is 31.4 Å². The van der Waals surface area contributed by atoms with Gasteiger partial charge in [-0.15, -0.1) is 0 Å². The van der Waals surface area contributed by atoms with Gasteiger partial charge in [0.05, 0.1) is 0 Å². The van der Waals surface area contributed by atoms with Crippen molar-refractivity contribution < 1.29 is 0 Å². The first-order valence-electron chi connectivity index (χ1n) is 5.64. The molecule has 3 nitrogen and oxygen atoms in total. The molecule has 0 aromatic carbocycles. The number of aromatic nitrogens is 2. The molecular formula is C11H19N3S. The number of aryl methyl sites for hydroxylation is 1. The van der Waals surface area contributed by atoms with Crippen LogP contribution in [0.2, 0.25) is 0 Å². The fraction of sp³-hybridized carbons (Fsp3) is 0.727. The highest BCUT2D eigenvalue weighted by Crippen LogP contribution is 2.26. The van der Waals surface area contributed by atoms with Crippen molar-refractivity contribution in [2.75, 3.05) is 11.5 Å². The summed E-state index contributed by atoms with van der Waals surface area (Å²) in [6.45, 7) is 3.13. The Balaban J connectivity index is 1.95. The Labute approximate surface area is 95.4 Å². The first-order chi connectivity index (χ1) is 7.31. The Kier molecular flexibility index (Phi) is 3.70. The maximum Gasteiger partial charge on any atom is 0.110 e. The first kappa shape index (κ1) is 11.0. The third-order valence-electron chi connectivity index (χ3n) is 3.13. The minimum Gasteiger partial charge on any atom is -0.335 e. The second-order valence-corrected chi connectivity index (χ2v) is 5.27. The van der Waals surface area contributed by atoms with Crippen molar-refractivity contribution in [3.8, 4) is 0 Å². The lowest BCUT2D eigenvalue weighted by molar-refractivity contribution is 0.448. The molecule has 1 aromatic rings. The Bertz CT molecular complexity index is 305.